The molecule has 11 saturated heterocycles. The van der Waals surface area contributed by atoms with E-state index in [1.54, 1.807) is 77.9 Å². The molecular weight excluding hydrogens is 1740 g/mol. The van der Waals surface area contributed by atoms with Crippen LogP contribution in [0.2, 0.25) is 0 Å². The predicted octanol–water partition coefficient (Wildman–Crippen LogP) is -1.27. The van der Waals surface area contributed by atoms with Crippen LogP contribution in [0.3, 0.4) is 0 Å². The Balaban J connectivity index is 0.000000179. The Morgan fingerprint density at radius 1 is 0.450 bits per heavy atom. The number of para-hydroxylation sites is 1. The number of nitriles is 1. The molecule has 1 aliphatic carbocycles. The van der Waals surface area contributed by atoms with E-state index in [0.29, 0.717) is 11.3 Å². The van der Waals surface area contributed by atoms with E-state index in [1.165, 1.54) is 6.26 Å². The molecule has 0 bridgehead atoms. The highest BCUT2D eigenvalue weighted by Gasteiger charge is 2.55. The van der Waals surface area contributed by atoms with Gasteiger partial charge in [-0.3, -0.25) is 16.7 Å². The van der Waals surface area contributed by atoms with Crippen LogP contribution in [-0.4, -0.2) is 272 Å². The van der Waals surface area contributed by atoms with Gasteiger partial charge in [0.2, 0.25) is 0 Å². The van der Waals surface area contributed by atoms with E-state index in [0.717, 1.165) is 37.5 Å². The van der Waals surface area contributed by atoms with Crippen molar-refractivity contribution in [3.63, 3.8) is 0 Å². The molecule has 2 aromatic rings. The van der Waals surface area contributed by atoms with E-state index < -0.39 is 199 Å². The standard InChI is InChI=1S/C12H20O8S.C10H9NO5S.C8H8O4S.C7H14O9S3.C6H10O4S.C5H8O7S2.2C3H6O4S/c1-11(2)15-5-7(17-11)9-10(20-21(13,14)19-9)8-6-16-12(3,4)18-8;11-5-8-3-1-2-4-10(8)14-6-9-7-15-17(12,13)16-9;9-13(10)11-6-8(12-13)7-4-2-1-3-5-7;1-17(2,8)13-4-6-7(5-14-18(3,9)10)16-19(11,12)15-6;7-11(8)9-5-3-1-2-4-6(5)10-11;1-13(6)9-2-4(11-13)5-3-10-14(7,8)12-5;2*1-3-2-6-8(4,5)7-3/h7-10H,5-6H2,1-4H3;1-4,9H,6-7H2;1-5,8H,6H2;6-7H,1,4-5H2,2-3H3;5-6H,1-4H2;4-5H,1-3H2;2*3H,2H2,1H3. The average molecular weight is 1820 g/mol. The van der Waals surface area contributed by atoms with Gasteiger partial charge in [0.1, 0.15) is 110 Å². The Morgan fingerprint density at radius 2 is 0.865 bits per heavy atom. The van der Waals surface area contributed by atoms with Gasteiger partial charge in [0, 0.05) is 12.1 Å². The summed E-state index contributed by atoms with van der Waals surface area (Å²) in [5.41, 5.74) is 1.19. The fourth-order valence-electron chi connectivity index (χ4n) is 9.91. The third-order valence-corrected chi connectivity index (χ3v) is 24.3. The molecule has 0 N–H and O–H groups in total. The van der Waals surface area contributed by atoms with Crippen LogP contribution in [0.1, 0.15) is 84.5 Å². The Hall–Kier alpha value is -3.64. The van der Waals surface area contributed by atoms with Crippen LogP contribution in [-0.2, 0) is 216 Å². The number of ether oxygens (including phenoxy) is 5. The maximum absolute atomic E-state index is 11.7. The molecule has 12 aliphatic rings. The van der Waals surface area contributed by atoms with Crippen molar-refractivity contribution >= 4 is 125 Å². The molecule has 14 rings (SSSR count). The molecule has 0 spiro atoms. The third-order valence-electron chi connectivity index (χ3n) is 14.6. The first-order valence-corrected chi connectivity index (χ1v) is 48.1. The van der Waals surface area contributed by atoms with Gasteiger partial charge in [-0.05, 0) is 78.0 Å². The van der Waals surface area contributed by atoms with Crippen LogP contribution in [0.5, 0.6) is 5.75 Å². The molecule has 46 nitrogen and oxygen atoms in total. The molecule has 57 heteroatoms. The highest BCUT2D eigenvalue weighted by atomic mass is 32.3. The van der Waals surface area contributed by atoms with Gasteiger partial charge in [0.15, 0.2) is 21.7 Å². The van der Waals surface area contributed by atoms with Gasteiger partial charge in [0.05, 0.1) is 81.1 Å². The molecule has 0 radical (unpaired) electrons. The number of hydrogen-bond acceptors (Lipinski definition) is 46. The van der Waals surface area contributed by atoms with Crippen LogP contribution >= 0.6 is 0 Å². The lowest BCUT2D eigenvalue weighted by atomic mass is 9.95. The summed E-state index contributed by atoms with van der Waals surface area (Å²) in [7, 11) is -40.2. The molecule has 11 heterocycles. The van der Waals surface area contributed by atoms with Crippen molar-refractivity contribution in [1.29, 1.82) is 5.26 Å². The lowest BCUT2D eigenvalue weighted by molar-refractivity contribution is -0.165. The summed E-state index contributed by atoms with van der Waals surface area (Å²) in [5, 5.41) is 8.81. The molecule has 11 aliphatic heterocycles. The summed E-state index contributed by atoms with van der Waals surface area (Å²) in [4.78, 5) is 0. The number of hydrogen-bond donors (Lipinski definition) is 0. The summed E-state index contributed by atoms with van der Waals surface area (Å²) >= 11 is 0. The number of benzene rings is 2. The largest absolute Gasteiger partial charge is 0.489 e. The summed E-state index contributed by atoms with van der Waals surface area (Å²) in [5.74, 6) is 5.21. The second-order valence-electron chi connectivity index (χ2n) is 25.1. The fourth-order valence-corrected chi connectivity index (χ4v) is 19.0. The van der Waals surface area contributed by atoms with Gasteiger partial charge in [-0.1, -0.05) is 55.3 Å². The van der Waals surface area contributed by atoms with E-state index in [1.807, 2.05) is 24.3 Å². The Labute approximate surface area is 644 Å². The number of rotatable bonds is 13. The maximum atomic E-state index is 11.7. The van der Waals surface area contributed by atoms with E-state index in [2.05, 4.69) is 66.1 Å². The Bertz CT molecular complexity index is 4660. The molecule has 0 aromatic heterocycles. The monoisotopic (exact) mass is 1820 g/mol. The second-order valence-corrected chi connectivity index (χ2v) is 40.2. The Kier molecular flexibility index (Phi) is 32.7. The van der Waals surface area contributed by atoms with Crippen molar-refractivity contribution in [2.45, 2.75) is 164 Å². The van der Waals surface area contributed by atoms with Gasteiger partial charge in [-0.2, -0.15) is 81.0 Å². The molecule has 111 heavy (non-hydrogen) atoms. The van der Waals surface area contributed by atoms with Crippen molar-refractivity contribution in [2.24, 2.45) is 0 Å². The van der Waals surface area contributed by atoms with Crippen LogP contribution in [0.4, 0.5) is 0 Å². The van der Waals surface area contributed by atoms with Crippen LogP contribution < -0.4 is 4.74 Å². The first-order chi connectivity index (χ1) is 51.0. The second kappa shape index (κ2) is 38.4. The highest BCUT2D eigenvalue weighted by molar-refractivity contribution is 7.95. The van der Waals surface area contributed by atoms with Crippen LogP contribution in [0, 0.1) is 11.3 Å². The topological polar surface area (TPSA) is 596 Å². The molecule has 2 aromatic carbocycles. The first kappa shape index (κ1) is 94.5. The first-order valence-electron chi connectivity index (χ1n) is 32.0. The van der Waals surface area contributed by atoms with Gasteiger partial charge in [0.25, 0.3) is 10.1 Å². The van der Waals surface area contributed by atoms with E-state index in [9.17, 15) is 84.2 Å². The van der Waals surface area contributed by atoms with Crippen molar-refractivity contribution in [3.8, 4) is 11.8 Å². The molecule has 0 amide bonds. The van der Waals surface area contributed by atoms with Crippen molar-refractivity contribution in [2.75, 3.05) is 85.2 Å². The molecule has 16 atom stereocenters. The number of nitrogens with zero attached hydrogens (tertiary/aromatic N) is 1. The zero-order chi connectivity index (χ0) is 82.7. The SMILES string of the molecule is C=S(C)(=O)OCC1OS(=O)(=O)OC1COS(C)(=O)=O.C=S1(=O)OCC(C2COS(=O)(=O)O2)O1.CC1(C)OCC(C2OS(=O)(=O)OC2C2COC(C)(C)O2)O1.CC1COS(=O)(=O)O1.CC1COS(=O)(=O)O1.N#Cc1ccccc1OCC1COS(=O)(=O)O1.O=S1(=O)OC2CCCCC2O1.O=S1(=O)OCC(c2ccccc2)O1. The minimum atomic E-state index is -4.25. The zero-order valence-corrected chi connectivity index (χ0v) is 68.6. The van der Waals surface area contributed by atoms with Gasteiger partial charge in [-0.25, -0.2) is 75.3 Å². The van der Waals surface area contributed by atoms with Gasteiger partial charge in [-0.15, -0.1) is 0 Å². The minimum Gasteiger partial charge on any atom is -0.489 e. The minimum absolute atomic E-state index is 0.0118. The van der Waals surface area contributed by atoms with Crippen LogP contribution in [0.25, 0.3) is 0 Å². The normalized spacial score (nSPS) is 35.1. The molecular formula is C54H81NO45S11. The zero-order valence-electron chi connectivity index (χ0n) is 59.6. The highest BCUT2D eigenvalue weighted by Crippen LogP contribution is 2.38. The number of fused-ring (bicyclic) bond motifs is 1. The third kappa shape index (κ3) is 33.0. The summed E-state index contributed by atoms with van der Waals surface area (Å²) in [6.45, 7) is 9.88. The molecule has 638 valence electrons. The van der Waals surface area contributed by atoms with Crippen LogP contribution in [0.15, 0.2) is 54.6 Å². The quantitative estimate of drug-likeness (QED) is 0.167. The average Bonchev–Trinajstić information content (AvgIpc) is 1.62. The smallest absolute Gasteiger partial charge is 0.400 e. The van der Waals surface area contributed by atoms with Crippen molar-refractivity contribution < 1.29 is 192 Å². The van der Waals surface area contributed by atoms with E-state index in [-0.39, 0.29) is 83.9 Å². The summed E-state index contributed by atoms with van der Waals surface area (Å²) in [6.07, 6.45) is -3.13. The van der Waals surface area contributed by atoms with E-state index >= 15 is 0 Å². The van der Waals surface area contributed by atoms with Gasteiger partial charge >= 0.3 is 83.2 Å². The lowest BCUT2D eigenvalue weighted by Crippen LogP contribution is -2.45. The molecule has 12 fully saturated rings. The van der Waals surface area contributed by atoms with E-state index in [4.69, 9.17) is 58.2 Å². The van der Waals surface area contributed by atoms with Crippen molar-refractivity contribution in [1.82, 2.24) is 0 Å². The Morgan fingerprint density at radius 3 is 1.25 bits per heavy atom. The fraction of sp³-hybridized carbons (Fsp3) is 0.722. The molecule has 16 unspecified atom stereocenters. The summed E-state index contributed by atoms with van der Waals surface area (Å²) in [6, 6.07) is 17.7. The molecule has 1 saturated carbocycles. The van der Waals surface area contributed by atoms with Crippen molar-refractivity contribution in [3.05, 3.63) is 65.7 Å². The van der Waals surface area contributed by atoms with Gasteiger partial charge < -0.3 is 23.7 Å². The summed E-state index contributed by atoms with van der Waals surface area (Å²) < 4.78 is 335. The predicted molar refractivity (Wildman–Crippen MR) is 370 cm³/mol. The maximum Gasteiger partial charge on any atom is 0.400 e. The lowest BCUT2D eigenvalue weighted by Gasteiger charge is -2.25.